The van der Waals surface area contributed by atoms with Crippen molar-refractivity contribution in [1.82, 2.24) is 19.8 Å². The fourth-order valence-corrected chi connectivity index (χ4v) is 2.55. The van der Waals surface area contributed by atoms with Crippen LogP contribution in [0.15, 0.2) is 33.9 Å². The number of nitrogens with zero attached hydrogens (tertiary/aromatic N) is 3. The molecule has 1 aliphatic heterocycles. The molecule has 1 saturated heterocycles. The number of likely N-dealkylation sites (tertiary alicyclic amines) is 1. The van der Waals surface area contributed by atoms with Crippen molar-refractivity contribution < 1.29 is 14.0 Å². The number of amides is 2. The summed E-state index contributed by atoms with van der Waals surface area (Å²) in [6.45, 7) is 3.27. The Morgan fingerprint density at radius 1 is 1.42 bits per heavy atom. The molecule has 3 heterocycles. The average Bonchev–Trinajstić information content (AvgIpc) is 2.94. The number of rotatable bonds is 4. The van der Waals surface area contributed by atoms with E-state index in [-0.39, 0.29) is 23.3 Å². The second kappa shape index (κ2) is 6.31. The molecule has 0 aliphatic carbocycles. The Morgan fingerprint density at radius 3 is 2.79 bits per heavy atom. The number of aromatic nitrogens is 2. The molecule has 0 aromatic carbocycles. The molecule has 2 aromatic rings. The van der Waals surface area contributed by atoms with E-state index < -0.39 is 0 Å². The number of nitrogens with one attached hydrogen (secondary N) is 1. The van der Waals surface area contributed by atoms with Crippen LogP contribution in [-0.4, -0.2) is 45.9 Å². The maximum absolute atomic E-state index is 12.2. The van der Waals surface area contributed by atoms with E-state index in [4.69, 9.17) is 4.42 Å². The van der Waals surface area contributed by atoms with E-state index in [1.165, 1.54) is 17.0 Å². The van der Waals surface area contributed by atoms with Crippen molar-refractivity contribution >= 4 is 11.8 Å². The largest absolute Gasteiger partial charge is 0.448 e. The molecule has 8 nitrogen and oxygen atoms in total. The second-order valence-electron chi connectivity index (χ2n) is 5.91. The van der Waals surface area contributed by atoms with Crippen LogP contribution in [0.5, 0.6) is 0 Å². The summed E-state index contributed by atoms with van der Waals surface area (Å²) in [6.07, 6.45) is 2.81. The van der Waals surface area contributed by atoms with Gasteiger partial charge in [0.1, 0.15) is 5.76 Å². The molecule has 3 rings (SSSR count). The Bertz CT molecular complexity index is 833. The highest BCUT2D eigenvalue weighted by atomic mass is 16.3. The molecular weight excluding hydrogens is 312 g/mol. The van der Waals surface area contributed by atoms with Crippen molar-refractivity contribution in [3.63, 3.8) is 0 Å². The van der Waals surface area contributed by atoms with Gasteiger partial charge in [0.15, 0.2) is 12.1 Å². The number of carbonyl (C=O) groups is 2. The predicted molar refractivity (Wildman–Crippen MR) is 84.6 cm³/mol. The monoisotopic (exact) mass is 330 g/mol. The molecule has 0 spiro atoms. The molecule has 1 aliphatic rings. The van der Waals surface area contributed by atoms with Gasteiger partial charge in [-0.1, -0.05) is 0 Å². The highest BCUT2D eigenvalue weighted by Crippen LogP contribution is 2.19. The molecule has 24 heavy (non-hydrogen) atoms. The highest BCUT2D eigenvalue weighted by molar-refractivity contribution is 5.94. The van der Waals surface area contributed by atoms with Crippen LogP contribution in [0.4, 0.5) is 0 Å². The van der Waals surface area contributed by atoms with Crippen LogP contribution < -0.4 is 10.9 Å². The van der Waals surface area contributed by atoms with Crippen molar-refractivity contribution in [2.24, 2.45) is 13.0 Å². The maximum atomic E-state index is 12.2. The zero-order valence-electron chi connectivity index (χ0n) is 13.5. The average molecular weight is 330 g/mol. The van der Waals surface area contributed by atoms with Gasteiger partial charge >= 0.3 is 0 Å². The van der Waals surface area contributed by atoms with Gasteiger partial charge in [0.05, 0.1) is 0 Å². The lowest BCUT2D eigenvalue weighted by atomic mass is 9.99. The Kier molecular flexibility index (Phi) is 4.20. The van der Waals surface area contributed by atoms with E-state index in [9.17, 15) is 14.4 Å². The molecule has 2 amide bonds. The summed E-state index contributed by atoms with van der Waals surface area (Å²) >= 11 is 0. The topological polar surface area (TPSA) is 97.4 Å². The third-order valence-electron chi connectivity index (χ3n) is 4.11. The summed E-state index contributed by atoms with van der Waals surface area (Å²) in [5, 5.41) is 2.79. The molecule has 0 saturated carbocycles. The van der Waals surface area contributed by atoms with Gasteiger partial charge in [0, 0.05) is 50.4 Å². The van der Waals surface area contributed by atoms with E-state index >= 15 is 0 Å². The zero-order valence-corrected chi connectivity index (χ0v) is 13.5. The standard InChI is InChI=1S/C16H18N4O4/c1-10-14(18-9-24-10)16(23)20-7-11(8-20)6-17-15(22)12-3-4-19(2)13(21)5-12/h3-5,9,11H,6-8H2,1-2H3,(H,17,22). The van der Waals surface area contributed by atoms with Crippen LogP contribution in [0.2, 0.25) is 0 Å². The van der Waals surface area contributed by atoms with Crippen LogP contribution in [0.25, 0.3) is 0 Å². The van der Waals surface area contributed by atoms with E-state index in [0.717, 1.165) is 0 Å². The summed E-state index contributed by atoms with van der Waals surface area (Å²) in [7, 11) is 1.63. The van der Waals surface area contributed by atoms with Crippen molar-refractivity contribution in [2.75, 3.05) is 19.6 Å². The first-order valence-corrected chi connectivity index (χ1v) is 7.60. The maximum Gasteiger partial charge on any atom is 0.276 e. The number of carbonyl (C=O) groups excluding carboxylic acids is 2. The van der Waals surface area contributed by atoms with Crippen LogP contribution in [0.3, 0.4) is 0 Å². The smallest absolute Gasteiger partial charge is 0.276 e. The van der Waals surface area contributed by atoms with Gasteiger partial charge in [0.25, 0.3) is 17.4 Å². The first-order valence-electron chi connectivity index (χ1n) is 7.60. The van der Waals surface area contributed by atoms with Gasteiger partial charge < -0.3 is 19.2 Å². The molecule has 126 valence electrons. The van der Waals surface area contributed by atoms with E-state index in [1.807, 2.05) is 0 Å². The fourth-order valence-electron chi connectivity index (χ4n) is 2.55. The van der Waals surface area contributed by atoms with Gasteiger partial charge in [-0.05, 0) is 13.0 Å². The molecule has 8 heteroatoms. The summed E-state index contributed by atoms with van der Waals surface area (Å²) in [6, 6.07) is 2.90. The van der Waals surface area contributed by atoms with Crippen LogP contribution in [0.1, 0.15) is 26.6 Å². The Balaban J connectivity index is 1.48. The van der Waals surface area contributed by atoms with Gasteiger partial charge in [0.2, 0.25) is 0 Å². The number of hydrogen-bond acceptors (Lipinski definition) is 5. The quantitative estimate of drug-likeness (QED) is 0.863. The third-order valence-corrected chi connectivity index (χ3v) is 4.11. The molecular formula is C16H18N4O4. The Labute approximate surface area is 138 Å². The lowest BCUT2D eigenvalue weighted by molar-refractivity contribution is 0.0491. The predicted octanol–water partition coefficient (Wildman–Crippen LogP) is 0.184. The summed E-state index contributed by atoms with van der Waals surface area (Å²) in [5.41, 5.74) is 0.437. The summed E-state index contributed by atoms with van der Waals surface area (Å²) < 4.78 is 6.44. The van der Waals surface area contributed by atoms with Crippen molar-refractivity contribution in [1.29, 1.82) is 0 Å². The number of aryl methyl sites for hydroxylation is 2. The normalized spacial score (nSPS) is 14.3. The van der Waals surface area contributed by atoms with Crippen molar-refractivity contribution in [3.8, 4) is 0 Å². The first kappa shape index (κ1) is 16.0. The van der Waals surface area contributed by atoms with E-state index in [1.54, 1.807) is 31.1 Å². The highest BCUT2D eigenvalue weighted by Gasteiger charge is 2.33. The van der Waals surface area contributed by atoms with Gasteiger partial charge in [-0.3, -0.25) is 14.4 Å². The number of oxazole rings is 1. The van der Waals surface area contributed by atoms with Crippen molar-refractivity contribution in [3.05, 3.63) is 52.1 Å². The molecule has 1 N–H and O–H groups in total. The first-order chi connectivity index (χ1) is 11.5. The molecule has 2 aromatic heterocycles. The minimum Gasteiger partial charge on any atom is -0.448 e. The minimum atomic E-state index is -0.287. The third kappa shape index (κ3) is 3.08. The van der Waals surface area contributed by atoms with Gasteiger partial charge in [-0.15, -0.1) is 0 Å². The molecule has 1 fully saturated rings. The van der Waals surface area contributed by atoms with Crippen LogP contribution in [-0.2, 0) is 7.05 Å². The summed E-state index contributed by atoms with van der Waals surface area (Å²) in [5.74, 6) is 0.249. The molecule has 0 unspecified atom stereocenters. The van der Waals surface area contributed by atoms with Crippen LogP contribution >= 0.6 is 0 Å². The zero-order chi connectivity index (χ0) is 17.3. The van der Waals surface area contributed by atoms with Gasteiger partial charge in [-0.25, -0.2) is 4.98 Å². The second-order valence-corrected chi connectivity index (χ2v) is 5.91. The Morgan fingerprint density at radius 2 is 2.17 bits per heavy atom. The van der Waals surface area contributed by atoms with E-state index in [2.05, 4.69) is 10.3 Å². The number of hydrogen-bond donors (Lipinski definition) is 1. The van der Waals surface area contributed by atoms with Gasteiger partial charge in [-0.2, -0.15) is 0 Å². The summed E-state index contributed by atoms with van der Waals surface area (Å²) in [4.78, 5) is 41.3. The minimum absolute atomic E-state index is 0.157. The molecule has 0 atom stereocenters. The SMILES string of the molecule is Cc1ocnc1C(=O)N1CC(CNC(=O)c2ccn(C)c(=O)c2)C1. The van der Waals surface area contributed by atoms with Crippen LogP contribution in [0, 0.1) is 12.8 Å². The van der Waals surface area contributed by atoms with Crippen molar-refractivity contribution in [2.45, 2.75) is 6.92 Å². The van der Waals surface area contributed by atoms with E-state index in [0.29, 0.717) is 36.7 Å². The fraction of sp³-hybridized carbons (Fsp3) is 0.375. The lowest BCUT2D eigenvalue weighted by Crippen LogP contribution is -2.54. The Hall–Kier alpha value is -2.90. The molecule has 0 radical (unpaired) electrons. The number of pyridine rings is 1. The lowest BCUT2D eigenvalue weighted by Gasteiger charge is -2.38. The molecule has 0 bridgehead atoms.